The molecule has 1 heterocycles. The van der Waals surface area contributed by atoms with Crippen LogP contribution in [-0.4, -0.2) is 16.1 Å². The summed E-state index contributed by atoms with van der Waals surface area (Å²) in [5.74, 6) is -0.655. The van der Waals surface area contributed by atoms with Gasteiger partial charge in [0.2, 0.25) is 0 Å². The molecule has 0 amide bonds. The van der Waals surface area contributed by atoms with Crippen molar-refractivity contribution >= 4 is 67.6 Å². The molecule has 4 nitrogen and oxygen atoms in total. The standard InChI is InChI=1S/C12H7BrClIN2O2/c13-6-1-2-9(15)10(3-6)17-11-4-7(12(18)19)8(14)5-16-11/h1-5H,(H,16,17)(H,18,19). The number of hydrogen-bond acceptors (Lipinski definition) is 3. The van der Waals surface area contributed by atoms with Crippen LogP contribution in [0.3, 0.4) is 0 Å². The Morgan fingerprint density at radius 3 is 2.84 bits per heavy atom. The van der Waals surface area contributed by atoms with Gasteiger partial charge in [-0.1, -0.05) is 27.5 Å². The first-order valence-corrected chi connectivity index (χ1v) is 7.33. The molecule has 2 rings (SSSR count). The Labute approximate surface area is 136 Å². The fourth-order valence-electron chi connectivity index (χ4n) is 1.40. The van der Waals surface area contributed by atoms with Gasteiger partial charge in [-0.2, -0.15) is 0 Å². The number of nitrogens with one attached hydrogen (secondary N) is 1. The van der Waals surface area contributed by atoms with E-state index in [0.717, 1.165) is 13.7 Å². The first-order chi connectivity index (χ1) is 8.97. The minimum absolute atomic E-state index is 0.0178. The second-order valence-electron chi connectivity index (χ2n) is 3.60. The Morgan fingerprint density at radius 2 is 2.16 bits per heavy atom. The average molecular weight is 453 g/mol. The highest BCUT2D eigenvalue weighted by molar-refractivity contribution is 14.1. The van der Waals surface area contributed by atoms with Crippen molar-refractivity contribution in [2.75, 3.05) is 5.32 Å². The largest absolute Gasteiger partial charge is 0.478 e. The zero-order valence-electron chi connectivity index (χ0n) is 9.32. The van der Waals surface area contributed by atoms with Crippen molar-refractivity contribution in [3.63, 3.8) is 0 Å². The summed E-state index contributed by atoms with van der Waals surface area (Å²) in [6.45, 7) is 0. The lowest BCUT2D eigenvalue weighted by Gasteiger charge is -2.09. The second-order valence-corrected chi connectivity index (χ2v) is 6.09. The van der Waals surface area contributed by atoms with Gasteiger partial charge >= 0.3 is 5.97 Å². The monoisotopic (exact) mass is 452 g/mol. The molecule has 0 saturated carbocycles. The van der Waals surface area contributed by atoms with E-state index in [9.17, 15) is 4.79 Å². The summed E-state index contributed by atoms with van der Waals surface area (Å²) in [5.41, 5.74) is 0.852. The summed E-state index contributed by atoms with van der Waals surface area (Å²) >= 11 is 11.3. The van der Waals surface area contributed by atoms with Gasteiger partial charge in [-0.05, 0) is 46.9 Å². The van der Waals surface area contributed by atoms with Gasteiger partial charge in [0.15, 0.2) is 0 Å². The molecule has 1 aromatic carbocycles. The number of carboxylic acid groups (broad SMARTS) is 1. The van der Waals surface area contributed by atoms with Crippen LogP contribution in [0, 0.1) is 3.57 Å². The molecule has 98 valence electrons. The van der Waals surface area contributed by atoms with Crippen LogP contribution in [0.25, 0.3) is 0 Å². The third-order valence-electron chi connectivity index (χ3n) is 2.28. The fraction of sp³-hybridized carbons (Fsp3) is 0. The Balaban J connectivity index is 2.36. The van der Waals surface area contributed by atoms with Crippen molar-refractivity contribution in [3.8, 4) is 0 Å². The molecule has 0 aliphatic rings. The van der Waals surface area contributed by atoms with E-state index in [0.29, 0.717) is 5.82 Å². The Morgan fingerprint density at radius 1 is 1.42 bits per heavy atom. The maximum atomic E-state index is 11.0. The number of benzene rings is 1. The number of aromatic nitrogens is 1. The smallest absolute Gasteiger partial charge is 0.337 e. The molecular weight excluding hydrogens is 446 g/mol. The van der Waals surface area contributed by atoms with E-state index in [2.05, 4.69) is 48.8 Å². The number of anilines is 2. The number of halogens is 3. The van der Waals surface area contributed by atoms with Crippen molar-refractivity contribution in [2.24, 2.45) is 0 Å². The lowest BCUT2D eigenvalue weighted by atomic mass is 10.2. The number of rotatable bonds is 3. The van der Waals surface area contributed by atoms with Gasteiger partial charge in [0, 0.05) is 14.2 Å². The molecule has 0 radical (unpaired) electrons. The van der Waals surface area contributed by atoms with E-state index in [4.69, 9.17) is 16.7 Å². The Bertz CT molecular complexity index is 652. The third kappa shape index (κ3) is 3.58. The summed E-state index contributed by atoms with van der Waals surface area (Å²) in [5, 5.41) is 12.2. The maximum Gasteiger partial charge on any atom is 0.337 e. The predicted molar refractivity (Wildman–Crippen MR) is 86.3 cm³/mol. The van der Waals surface area contributed by atoms with Crippen LogP contribution in [-0.2, 0) is 0 Å². The summed E-state index contributed by atoms with van der Waals surface area (Å²) in [6, 6.07) is 7.14. The topological polar surface area (TPSA) is 62.2 Å². The van der Waals surface area contributed by atoms with E-state index < -0.39 is 5.97 Å². The van der Waals surface area contributed by atoms with E-state index in [1.165, 1.54) is 12.3 Å². The van der Waals surface area contributed by atoms with Crippen molar-refractivity contribution in [1.29, 1.82) is 0 Å². The van der Waals surface area contributed by atoms with E-state index in [1.54, 1.807) is 0 Å². The van der Waals surface area contributed by atoms with Crippen LogP contribution < -0.4 is 5.32 Å². The molecule has 0 aliphatic heterocycles. The highest BCUT2D eigenvalue weighted by Crippen LogP contribution is 2.27. The molecule has 0 unspecified atom stereocenters. The molecule has 0 spiro atoms. The molecule has 0 bridgehead atoms. The summed E-state index contributed by atoms with van der Waals surface area (Å²) in [7, 11) is 0. The van der Waals surface area contributed by atoms with Gasteiger partial charge < -0.3 is 10.4 Å². The minimum atomic E-state index is -1.08. The molecule has 2 aromatic rings. The SMILES string of the molecule is O=C(O)c1cc(Nc2cc(Br)ccc2I)ncc1Cl. The Hall–Kier alpha value is -0.860. The average Bonchev–Trinajstić information content (AvgIpc) is 2.36. The highest BCUT2D eigenvalue weighted by Gasteiger charge is 2.11. The Kier molecular flexibility index (Phi) is 4.64. The van der Waals surface area contributed by atoms with Crippen molar-refractivity contribution in [2.45, 2.75) is 0 Å². The summed E-state index contributed by atoms with van der Waals surface area (Å²) in [6.07, 6.45) is 1.32. The number of nitrogens with zero attached hydrogens (tertiary/aromatic N) is 1. The third-order valence-corrected chi connectivity index (χ3v) is 4.01. The molecule has 0 fully saturated rings. The van der Waals surface area contributed by atoms with Crippen molar-refractivity contribution in [3.05, 3.63) is 49.1 Å². The summed E-state index contributed by atoms with van der Waals surface area (Å²) < 4.78 is 1.91. The lowest BCUT2D eigenvalue weighted by molar-refractivity contribution is 0.0697. The van der Waals surface area contributed by atoms with E-state index in [-0.39, 0.29) is 10.6 Å². The maximum absolute atomic E-state index is 11.0. The molecular formula is C12H7BrClIN2O2. The molecule has 7 heteroatoms. The highest BCUT2D eigenvalue weighted by atomic mass is 127. The number of hydrogen-bond donors (Lipinski definition) is 2. The normalized spacial score (nSPS) is 10.3. The van der Waals surface area contributed by atoms with Crippen LogP contribution in [0.4, 0.5) is 11.5 Å². The quantitative estimate of drug-likeness (QED) is 0.670. The van der Waals surface area contributed by atoms with Crippen LogP contribution >= 0.6 is 50.1 Å². The first kappa shape index (κ1) is 14.5. The second kappa shape index (κ2) is 6.06. The zero-order valence-corrected chi connectivity index (χ0v) is 13.8. The molecule has 0 aliphatic carbocycles. The molecule has 0 saturated heterocycles. The van der Waals surface area contributed by atoms with Crippen molar-refractivity contribution in [1.82, 2.24) is 4.98 Å². The molecule has 19 heavy (non-hydrogen) atoms. The van der Waals surface area contributed by atoms with Gasteiger partial charge in [-0.3, -0.25) is 0 Å². The summed E-state index contributed by atoms with van der Waals surface area (Å²) in [4.78, 5) is 15.1. The zero-order chi connectivity index (χ0) is 14.0. The number of aromatic carboxylic acids is 1. The van der Waals surface area contributed by atoms with Gasteiger partial charge in [-0.15, -0.1) is 0 Å². The lowest BCUT2D eigenvalue weighted by Crippen LogP contribution is -2.02. The van der Waals surface area contributed by atoms with E-state index in [1.807, 2.05) is 18.2 Å². The number of pyridine rings is 1. The van der Waals surface area contributed by atoms with Crippen LogP contribution in [0.1, 0.15) is 10.4 Å². The fourth-order valence-corrected chi connectivity index (χ4v) is 2.42. The molecule has 1 aromatic heterocycles. The number of carbonyl (C=O) groups is 1. The predicted octanol–water partition coefficient (Wildman–Crippen LogP) is 4.54. The minimum Gasteiger partial charge on any atom is -0.478 e. The molecule has 2 N–H and O–H groups in total. The van der Waals surface area contributed by atoms with Gasteiger partial charge in [0.25, 0.3) is 0 Å². The van der Waals surface area contributed by atoms with Crippen LogP contribution in [0.15, 0.2) is 34.9 Å². The van der Waals surface area contributed by atoms with Crippen molar-refractivity contribution < 1.29 is 9.90 Å². The van der Waals surface area contributed by atoms with Crippen LogP contribution in [0.2, 0.25) is 5.02 Å². The van der Waals surface area contributed by atoms with Gasteiger partial charge in [0.1, 0.15) is 5.82 Å². The number of carboxylic acids is 1. The van der Waals surface area contributed by atoms with Gasteiger partial charge in [-0.25, -0.2) is 9.78 Å². The van der Waals surface area contributed by atoms with E-state index >= 15 is 0 Å². The van der Waals surface area contributed by atoms with Gasteiger partial charge in [0.05, 0.1) is 16.3 Å². The van der Waals surface area contributed by atoms with Crippen LogP contribution in [0.5, 0.6) is 0 Å². The molecule has 0 atom stereocenters. The first-order valence-electron chi connectivity index (χ1n) is 5.08.